The van der Waals surface area contributed by atoms with E-state index >= 15 is 0 Å². The second kappa shape index (κ2) is 8.53. The lowest BCUT2D eigenvalue weighted by Crippen LogP contribution is -2.22. The van der Waals surface area contributed by atoms with Crippen LogP contribution in [0.1, 0.15) is 26.3 Å². The Balaban J connectivity index is 1.82. The van der Waals surface area contributed by atoms with E-state index in [0.29, 0.717) is 22.7 Å². The number of pyridine rings is 1. The van der Waals surface area contributed by atoms with Crippen LogP contribution in [0.15, 0.2) is 80.7 Å². The number of carbonyl (C=O) groups is 2. The Kier molecular flexibility index (Phi) is 5.64. The predicted molar refractivity (Wildman–Crippen MR) is 121 cm³/mol. The molecule has 0 bridgehead atoms. The van der Waals surface area contributed by atoms with E-state index in [-0.39, 0.29) is 11.1 Å². The van der Waals surface area contributed by atoms with Gasteiger partial charge in [-0.05, 0) is 67.1 Å². The summed E-state index contributed by atoms with van der Waals surface area (Å²) in [7, 11) is 0. The summed E-state index contributed by atoms with van der Waals surface area (Å²) in [6, 6.07) is 17.2. The molecule has 2 amide bonds. The highest BCUT2D eigenvalue weighted by Gasteiger charge is 2.14. The van der Waals surface area contributed by atoms with Gasteiger partial charge in [0.25, 0.3) is 5.91 Å². The molecule has 0 radical (unpaired) electrons. The zero-order chi connectivity index (χ0) is 22.0. The maximum absolute atomic E-state index is 13.0. The summed E-state index contributed by atoms with van der Waals surface area (Å²) in [5, 5.41) is 3.51. The molecule has 4 aromatic rings. The first kappa shape index (κ1) is 20.5. The van der Waals surface area contributed by atoms with Crippen LogP contribution in [0.5, 0.6) is 0 Å². The number of rotatable bonds is 4. The van der Waals surface area contributed by atoms with Crippen molar-refractivity contribution in [2.45, 2.75) is 6.92 Å². The highest BCUT2D eigenvalue weighted by Crippen LogP contribution is 2.21. The molecule has 0 aliphatic rings. The van der Waals surface area contributed by atoms with Crippen molar-refractivity contribution in [2.75, 3.05) is 5.32 Å². The lowest BCUT2D eigenvalue weighted by Gasteiger charge is -2.07. The molecule has 7 nitrogen and oxygen atoms in total. The van der Waals surface area contributed by atoms with Gasteiger partial charge in [0.05, 0.1) is 5.69 Å². The molecule has 0 fully saturated rings. The molecule has 2 heterocycles. The standard InChI is InChI=1S/C23H17BrN4O3/c1-13-2-9-20(26-12-13)28-22(30)18-11-15-10-16(24)5-8-19(15)31-23(18)27-17-6-3-14(4-7-17)21(25)29/h2-12H,1H3,(H2,25,29)(H,26,28,30). The molecule has 0 unspecified atom stereocenters. The van der Waals surface area contributed by atoms with E-state index in [1.165, 1.54) is 0 Å². The maximum atomic E-state index is 13.0. The number of carbonyl (C=O) groups excluding carboxylic acids is 2. The summed E-state index contributed by atoms with van der Waals surface area (Å²) in [5.74, 6) is -0.519. The largest absolute Gasteiger partial charge is 0.438 e. The van der Waals surface area contributed by atoms with Gasteiger partial charge < -0.3 is 15.5 Å². The summed E-state index contributed by atoms with van der Waals surface area (Å²) in [6.07, 6.45) is 1.67. The van der Waals surface area contributed by atoms with Crippen LogP contribution in [0.4, 0.5) is 11.5 Å². The summed E-state index contributed by atoms with van der Waals surface area (Å²) < 4.78 is 6.80. The minimum Gasteiger partial charge on any atom is -0.438 e. The van der Waals surface area contributed by atoms with Crippen molar-refractivity contribution in [3.05, 3.63) is 93.6 Å². The van der Waals surface area contributed by atoms with Gasteiger partial charge in [-0.15, -0.1) is 0 Å². The average Bonchev–Trinajstić information content (AvgIpc) is 2.75. The molecule has 8 heteroatoms. The van der Waals surface area contributed by atoms with Gasteiger partial charge in [-0.1, -0.05) is 22.0 Å². The highest BCUT2D eigenvalue weighted by molar-refractivity contribution is 9.10. The van der Waals surface area contributed by atoms with Gasteiger partial charge in [0.1, 0.15) is 17.0 Å². The minimum atomic E-state index is -0.529. The summed E-state index contributed by atoms with van der Waals surface area (Å²) in [5.41, 5.74) is 8.09. The molecular weight excluding hydrogens is 460 g/mol. The molecule has 0 atom stereocenters. The van der Waals surface area contributed by atoms with Gasteiger partial charge in [0, 0.05) is 21.6 Å². The number of amides is 2. The van der Waals surface area contributed by atoms with Crippen LogP contribution >= 0.6 is 15.9 Å². The Morgan fingerprint density at radius 2 is 1.84 bits per heavy atom. The number of nitrogens with one attached hydrogen (secondary N) is 1. The second-order valence-corrected chi connectivity index (χ2v) is 7.76. The summed E-state index contributed by atoms with van der Waals surface area (Å²) in [6.45, 7) is 1.92. The zero-order valence-electron chi connectivity index (χ0n) is 16.4. The fourth-order valence-corrected chi connectivity index (χ4v) is 3.27. The Morgan fingerprint density at radius 3 is 2.52 bits per heavy atom. The molecular formula is C23H17BrN4O3. The van der Waals surface area contributed by atoms with Crippen LogP contribution in [-0.4, -0.2) is 16.8 Å². The third-order valence-electron chi connectivity index (χ3n) is 4.49. The van der Waals surface area contributed by atoms with E-state index in [1.54, 1.807) is 48.7 Å². The van der Waals surface area contributed by atoms with E-state index < -0.39 is 11.8 Å². The fourth-order valence-electron chi connectivity index (χ4n) is 2.89. The first-order valence-electron chi connectivity index (χ1n) is 9.31. The van der Waals surface area contributed by atoms with Gasteiger partial charge in [0.15, 0.2) is 0 Å². The molecule has 154 valence electrons. The maximum Gasteiger partial charge on any atom is 0.262 e. The Morgan fingerprint density at radius 1 is 1.06 bits per heavy atom. The monoisotopic (exact) mass is 476 g/mol. The van der Waals surface area contributed by atoms with Gasteiger partial charge in [-0.2, -0.15) is 0 Å². The first-order valence-corrected chi connectivity index (χ1v) is 10.1. The number of aromatic nitrogens is 1. The SMILES string of the molecule is Cc1ccc(NC(=O)c2cc3cc(Br)ccc3oc2=Nc2ccc(C(N)=O)cc2)nc1. The van der Waals surface area contributed by atoms with E-state index in [4.69, 9.17) is 10.2 Å². The van der Waals surface area contributed by atoms with Gasteiger partial charge in [0.2, 0.25) is 11.5 Å². The second-order valence-electron chi connectivity index (χ2n) is 6.85. The molecule has 31 heavy (non-hydrogen) atoms. The van der Waals surface area contributed by atoms with Gasteiger partial charge >= 0.3 is 0 Å². The number of anilines is 1. The van der Waals surface area contributed by atoms with E-state index in [1.807, 2.05) is 25.1 Å². The number of hydrogen-bond donors (Lipinski definition) is 2. The lowest BCUT2D eigenvalue weighted by atomic mass is 10.1. The van der Waals surface area contributed by atoms with Crippen molar-refractivity contribution in [3.63, 3.8) is 0 Å². The predicted octanol–water partition coefficient (Wildman–Crippen LogP) is 4.48. The molecule has 0 aliphatic carbocycles. The fraction of sp³-hybridized carbons (Fsp3) is 0.0435. The molecule has 4 rings (SSSR count). The summed E-state index contributed by atoms with van der Waals surface area (Å²) in [4.78, 5) is 33.0. The third kappa shape index (κ3) is 4.70. The smallest absolute Gasteiger partial charge is 0.262 e. The van der Waals surface area contributed by atoms with Crippen molar-refractivity contribution >= 4 is 50.2 Å². The van der Waals surface area contributed by atoms with E-state index in [9.17, 15) is 9.59 Å². The third-order valence-corrected chi connectivity index (χ3v) is 4.98. The number of halogens is 1. The topological polar surface area (TPSA) is 111 Å². The van der Waals surface area contributed by atoms with Crippen molar-refractivity contribution in [1.29, 1.82) is 0 Å². The van der Waals surface area contributed by atoms with Gasteiger partial charge in [-0.25, -0.2) is 9.98 Å². The molecule has 2 aromatic carbocycles. The van der Waals surface area contributed by atoms with E-state index in [2.05, 4.69) is 31.2 Å². The Hall–Kier alpha value is -3.78. The Bertz CT molecular complexity index is 1360. The number of nitrogens with zero attached hydrogens (tertiary/aromatic N) is 2. The van der Waals surface area contributed by atoms with Crippen molar-refractivity contribution in [3.8, 4) is 0 Å². The van der Waals surface area contributed by atoms with Crippen LogP contribution in [0.2, 0.25) is 0 Å². The molecule has 0 spiro atoms. The average molecular weight is 477 g/mol. The number of benzene rings is 2. The molecule has 3 N–H and O–H groups in total. The van der Waals surface area contributed by atoms with Crippen LogP contribution in [0.25, 0.3) is 11.0 Å². The number of hydrogen-bond acceptors (Lipinski definition) is 5. The van der Waals surface area contributed by atoms with Crippen LogP contribution < -0.4 is 16.6 Å². The van der Waals surface area contributed by atoms with Crippen LogP contribution in [-0.2, 0) is 0 Å². The van der Waals surface area contributed by atoms with Crippen molar-refractivity contribution < 1.29 is 14.0 Å². The first-order chi connectivity index (χ1) is 14.9. The molecule has 0 saturated carbocycles. The minimum absolute atomic E-state index is 0.131. The van der Waals surface area contributed by atoms with Gasteiger partial charge in [-0.3, -0.25) is 9.59 Å². The van der Waals surface area contributed by atoms with Crippen molar-refractivity contribution in [1.82, 2.24) is 4.98 Å². The Labute approximate surface area is 185 Å². The zero-order valence-corrected chi connectivity index (χ0v) is 18.0. The molecule has 0 saturated heterocycles. The van der Waals surface area contributed by atoms with Crippen LogP contribution in [0.3, 0.4) is 0 Å². The number of primary amides is 1. The number of aryl methyl sites for hydroxylation is 1. The lowest BCUT2D eigenvalue weighted by molar-refractivity contribution is 0.0997. The summed E-state index contributed by atoms with van der Waals surface area (Å²) >= 11 is 3.43. The molecule has 0 aliphatic heterocycles. The van der Waals surface area contributed by atoms with Crippen LogP contribution in [0, 0.1) is 6.92 Å². The quantitative estimate of drug-likeness (QED) is 0.452. The number of fused-ring (bicyclic) bond motifs is 1. The van der Waals surface area contributed by atoms with E-state index in [0.717, 1.165) is 15.4 Å². The highest BCUT2D eigenvalue weighted by atomic mass is 79.9. The molecule has 2 aromatic heterocycles. The van der Waals surface area contributed by atoms with Crippen molar-refractivity contribution in [2.24, 2.45) is 10.7 Å². The normalized spacial score (nSPS) is 11.5. The number of nitrogens with two attached hydrogens (primary N) is 1.